The highest BCUT2D eigenvalue weighted by Gasteiger charge is 2.08. The molecule has 24 heavy (non-hydrogen) atoms. The number of nitrogens with one attached hydrogen (secondary N) is 1. The van der Waals surface area contributed by atoms with E-state index in [0.29, 0.717) is 26.2 Å². The molecule has 1 amide bonds. The Morgan fingerprint density at radius 2 is 1.88 bits per heavy atom. The standard InChI is InChI=1S/C18H22BrNO3S/c1-3-22-15-7-5-13(11-16(15)23-4-2)9-10-20-18(21)12-14-6-8-17(19)24-14/h5-8,11H,3-4,9-10,12H2,1-2H3,(H,20,21). The van der Waals surface area contributed by atoms with E-state index < -0.39 is 0 Å². The van der Waals surface area contributed by atoms with E-state index in [0.717, 1.165) is 32.1 Å². The highest BCUT2D eigenvalue weighted by atomic mass is 79.9. The Hall–Kier alpha value is -1.53. The summed E-state index contributed by atoms with van der Waals surface area (Å²) >= 11 is 4.99. The number of hydrogen-bond donors (Lipinski definition) is 1. The smallest absolute Gasteiger partial charge is 0.225 e. The predicted molar refractivity (Wildman–Crippen MR) is 101 cm³/mol. The molecule has 1 N–H and O–H groups in total. The third-order valence-electron chi connectivity index (χ3n) is 3.31. The maximum atomic E-state index is 12.0. The molecule has 2 aromatic rings. The van der Waals surface area contributed by atoms with Crippen LogP contribution >= 0.6 is 27.3 Å². The first-order valence-corrected chi connectivity index (χ1v) is 9.62. The molecular formula is C18H22BrNO3S. The second-order valence-electron chi connectivity index (χ2n) is 5.13. The average Bonchev–Trinajstić information content (AvgIpc) is 2.95. The molecule has 1 aromatic heterocycles. The molecule has 0 aliphatic heterocycles. The molecule has 0 saturated carbocycles. The van der Waals surface area contributed by atoms with Gasteiger partial charge < -0.3 is 14.8 Å². The van der Waals surface area contributed by atoms with Gasteiger partial charge in [0.1, 0.15) is 0 Å². The van der Waals surface area contributed by atoms with Gasteiger partial charge >= 0.3 is 0 Å². The molecule has 0 radical (unpaired) electrons. The Morgan fingerprint density at radius 1 is 1.12 bits per heavy atom. The van der Waals surface area contributed by atoms with Gasteiger partial charge in [-0.3, -0.25) is 4.79 Å². The van der Waals surface area contributed by atoms with Crippen molar-refractivity contribution >= 4 is 33.2 Å². The summed E-state index contributed by atoms with van der Waals surface area (Å²) in [5.74, 6) is 1.56. The summed E-state index contributed by atoms with van der Waals surface area (Å²) in [5.41, 5.74) is 1.11. The number of carbonyl (C=O) groups excluding carboxylic acids is 1. The second-order valence-corrected chi connectivity index (χ2v) is 7.68. The molecule has 0 atom stereocenters. The fourth-order valence-electron chi connectivity index (χ4n) is 2.26. The van der Waals surface area contributed by atoms with Crippen LogP contribution in [0.15, 0.2) is 34.1 Å². The summed E-state index contributed by atoms with van der Waals surface area (Å²) in [6.07, 6.45) is 1.18. The molecule has 0 saturated heterocycles. The van der Waals surface area contributed by atoms with Gasteiger partial charge in [0.2, 0.25) is 5.91 Å². The first-order valence-electron chi connectivity index (χ1n) is 8.01. The Kier molecular flexibility index (Phi) is 7.59. The number of ether oxygens (including phenoxy) is 2. The van der Waals surface area contributed by atoms with Crippen molar-refractivity contribution < 1.29 is 14.3 Å². The summed E-state index contributed by atoms with van der Waals surface area (Å²) in [7, 11) is 0. The predicted octanol–water partition coefficient (Wildman–Crippen LogP) is 4.21. The molecular weight excluding hydrogens is 390 g/mol. The van der Waals surface area contributed by atoms with E-state index in [-0.39, 0.29) is 5.91 Å². The van der Waals surface area contributed by atoms with Crippen LogP contribution in [0.4, 0.5) is 0 Å². The van der Waals surface area contributed by atoms with E-state index in [9.17, 15) is 4.79 Å². The van der Waals surface area contributed by atoms with E-state index in [2.05, 4.69) is 21.2 Å². The van der Waals surface area contributed by atoms with Crippen molar-refractivity contribution in [1.82, 2.24) is 5.32 Å². The number of amides is 1. The van der Waals surface area contributed by atoms with Crippen LogP contribution in [0.3, 0.4) is 0 Å². The van der Waals surface area contributed by atoms with Crippen molar-refractivity contribution in [3.8, 4) is 11.5 Å². The number of thiophene rings is 1. The summed E-state index contributed by atoms with van der Waals surface area (Å²) in [4.78, 5) is 13.0. The van der Waals surface area contributed by atoms with Crippen LogP contribution in [0.2, 0.25) is 0 Å². The van der Waals surface area contributed by atoms with Gasteiger partial charge in [0.05, 0.1) is 23.4 Å². The minimum atomic E-state index is 0.0420. The molecule has 4 nitrogen and oxygen atoms in total. The molecule has 1 heterocycles. The molecule has 2 rings (SSSR count). The Bertz CT molecular complexity index is 672. The summed E-state index contributed by atoms with van der Waals surface area (Å²) in [5, 5.41) is 2.96. The van der Waals surface area contributed by atoms with Crippen LogP contribution < -0.4 is 14.8 Å². The van der Waals surface area contributed by atoms with Gasteiger partial charge in [-0.2, -0.15) is 0 Å². The third-order valence-corrected chi connectivity index (χ3v) is 4.93. The minimum absolute atomic E-state index is 0.0420. The van der Waals surface area contributed by atoms with E-state index in [1.807, 2.05) is 44.2 Å². The van der Waals surface area contributed by atoms with Gasteiger partial charge in [0.25, 0.3) is 0 Å². The van der Waals surface area contributed by atoms with Crippen LogP contribution in [-0.4, -0.2) is 25.7 Å². The number of halogens is 1. The molecule has 130 valence electrons. The minimum Gasteiger partial charge on any atom is -0.490 e. The van der Waals surface area contributed by atoms with Crippen LogP contribution in [0.5, 0.6) is 11.5 Å². The monoisotopic (exact) mass is 411 g/mol. The normalized spacial score (nSPS) is 10.5. The van der Waals surface area contributed by atoms with E-state index in [4.69, 9.17) is 9.47 Å². The summed E-state index contributed by atoms with van der Waals surface area (Å²) in [6.45, 7) is 5.70. The fraction of sp³-hybridized carbons (Fsp3) is 0.389. The largest absolute Gasteiger partial charge is 0.490 e. The van der Waals surface area contributed by atoms with Crippen LogP contribution in [0, 0.1) is 0 Å². The number of hydrogen-bond acceptors (Lipinski definition) is 4. The maximum Gasteiger partial charge on any atom is 0.225 e. The highest BCUT2D eigenvalue weighted by molar-refractivity contribution is 9.11. The lowest BCUT2D eigenvalue weighted by molar-refractivity contribution is -0.120. The molecule has 0 spiro atoms. The zero-order valence-corrected chi connectivity index (χ0v) is 16.3. The van der Waals surface area contributed by atoms with Crippen molar-refractivity contribution in [2.45, 2.75) is 26.7 Å². The lowest BCUT2D eigenvalue weighted by atomic mass is 10.1. The molecule has 0 unspecified atom stereocenters. The number of carbonyl (C=O) groups is 1. The molecule has 0 aliphatic carbocycles. The van der Waals surface area contributed by atoms with Crippen LogP contribution in [-0.2, 0) is 17.6 Å². The first kappa shape index (κ1) is 18.8. The molecule has 0 aliphatic rings. The van der Waals surface area contributed by atoms with E-state index in [1.54, 1.807) is 11.3 Å². The van der Waals surface area contributed by atoms with Crippen molar-refractivity contribution in [2.75, 3.05) is 19.8 Å². The quantitative estimate of drug-likeness (QED) is 0.671. The number of benzene rings is 1. The van der Waals surface area contributed by atoms with Crippen molar-refractivity contribution in [3.05, 3.63) is 44.6 Å². The Morgan fingerprint density at radius 3 is 2.54 bits per heavy atom. The van der Waals surface area contributed by atoms with Gasteiger partial charge in [-0.25, -0.2) is 0 Å². The van der Waals surface area contributed by atoms with Gasteiger partial charge in [-0.1, -0.05) is 6.07 Å². The highest BCUT2D eigenvalue weighted by Crippen LogP contribution is 2.28. The van der Waals surface area contributed by atoms with Crippen molar-refractivity contribution in [3.63, 3.8) is 0 Å². The molecule has 1 aromatic carbocycles. The van der Waals surface area contributed by atoms with E-state index in [1.165, 1.54) is 0 Å². The lowest BCUT2D eigenvalue weighted by Crippen LogP contribution is -2.26. The summed E-state index contributed by atoms with van der Waals surface area (Å²) in [6, 6.07) is 9.85. The second kappa shape index (κ2) is 9.69. The van der Waals surface area contributed by atoms with Gasteiger partial charge in [0.15, 0.2) is 11.5 Å². The van der Waals surface area contributed by atoms with Gasteiger partial charge in [-0.05, 0) is 66.0 Å². The Balaban J connectivity index is 1.84. The fourth-order valence-corrected chi connectivity index (χ4v) is 3.75. The molecule has 0 fully saturated rings. The van der Waals surface area contributed by atoms with Crippen molar-refractivity contribution in [1.29, 1.82) is 0 Å². The third kappa shape index (κ3) is 5.83. The van der Waals surface area contributed by atoms with Gasteiger partial charge in [0, 0.05) is 11.4 Å². The van der Waals surface area contributed by atoms with Crippen molar-refractivity contribution in [2.24, 2.45) is 0 Å². The first-order chi connectivity index (χ1) is 11.6. The Labute approximate surface area is 155 Å². The van der Waals surface area contributed by atoms with Crippen LogP contribution in [0.25, 0.3) is 0 Å². The van der Waals surface area contributed by atoms with E-state index >= 15 is 0 Å². The topological polar surface area (TPSA) is 47.6 Å². The molecule has 6 heteroatoms. The molecule has 0 bridgehead atoms. The average molecular weight is 412 g/mol. The van der Waals surface area contributed by atoms with Crippen LogP contribution in [0.1, 0.15) is 24.3 Å². The lowest BCUT2D eigenvalue weighted by Gasteiger charge is -2.12. The SMILES string of the molecule is CCOc1ccc(CCNC(=O)Cc2ccc(Br)s2)cc1OCC. The maximum absolute atomic E-state index is 12.0. The number of rotatable bonds is 9. The summed E-state index contributed by atoms with van der Waals surface area (Å²) < 4.78 is 12.2. The zero-order valence-electron chi connectivity index (χ0n) is 13.9. The van der Waals surface area contributed by atoms with Gasteiger partial charge in [-0.15, -0.1) is 11.3 Å². The zero-order chi connectivity index (χ0) is 17.4.